The largest absolute Gasteiger partial charge is 0.396 e. The summed E-state index contributed by atoms with van der Waals surface area (Å²) in [6.45, 7) is 7.04. The van der Waals surface area contributed by atoms with Crippen LogP contribution in [0.1, 0.15) is 59.3 Å². The SMILES string of the molecule is C[C@@H](CC(C)(C)CO)C1CCCCC1. The van der Waals surface area contributed by atoms with Crippen LogP contribution < -0.4 is 0 Å². The molecule has 0 radical (unpaired) electrons. The lowest BCUT2D eigenvalue weighted by Gasteiger charge is -2.33. The molecule has 1 fully saturated rings. The quantitative estimate of drug-likeness (QED) is 0.731. The van der Waals surface area contributed by atoms with Crippen molar-refractivity contribution in [2.24, 2.45) is 17.3 Å². The molecule has 0 spiro atoms. The second kappa shape index (κ2) is 5.16. The second-order valence-electron chi connectivity index (χ2n) is 5.90. The van der Waals surface area contributed by atoms with Gasteiger partial charge in [-0.1, -0.05) is 52.9 Å². The molecular weight excluding hydrogens is 172 g/mol. The molecule has 1 N–H and O–H groups in total. The third-order valence-electron chi connectivity index (χ3n) is 3.76. The Hall–Kier alpha value is -0.0400. The van der Waals surface area contributed by atoms with Crippen molar-refractivity contribution in [1.29, 1.82) is 0 Å². The highest BCUT2D eigenvalue weighted by Crippen LogP contribution is 2.36. The molecule has 1 heteroatoms. The van der Waals surface area contributed by atoms with E-state index in [1.165, 1.54) is 38.5 Å². The number of aliphatic hydroxyl groups excluding tert-OH is 1. The van der Waals surface area contributed by atoms with Crippen LogP contribution in [0.25, 0.3) is 0 Å². The molecule has 1 nitrogen and oxygen atoms in total. The van der Waals surface area contributed by atoms with Crippen LogP contribution in [-0.4, -0.2) is 11.7 Å². The van der Waals surface area contributed by atoms with Gasteiger partial charge in [-0.3, -0.25) is 0 Å². The topological polar surface area (TPSA) is 20.2 Å². The first-order valence-corrected chi connectivity index (χ1v) is 6.16. The average Bonchev–Trinajstić information content (AvgIpc) is 2.19. The third kappa shape index (κ3) is 3.61. The number of rotatable bonds is 4. The Morgan fingerprint density at radius 1 is 1.21 bits per heavy atom. The van der Waals surface area contributed by atoms with Crippen LogP contribution in [0.5, 0.6) is 0 Å². The Morgan fingerprint density at radius 2 is 1.79 bits per heavy atom. The zero-order valence-corrected chi connectivity index (χ0v) is 10.1. The summed E-state index contributed by atoms with van der Waals surface area (Å²) >= 11 is 0. The van der Waals surface area contributed by atoms with Gasteiger partial charge in [0.05, 0.1) is 0 Å². The first-order valence-electron chi connectivity index (χ1n) is 6.16. The zero-order chi connectivity index (χ0) is 10.6. The molecule has 14 heavy (non-hydrogen) atoms. The Bertz CT molecular complexity index is 157. The minimum Gasteiger partial charge on any atom is -0.396 e. The van der Waals surface area contributed by atoms with E-state index in [0.29, 0.717) is 6.61 Å². The van der Waals surface area contributed by atoms with E-state index in [1.54, 1.807) is 0 Å². The maximum absolute atomic E-state index is 9.24. The molecule has 0 aliphatic heterocycles. The fourth-order valence-corrected chi connectivity index (χ4v) is 2.81. The Kier molecular flexibility index (Phi) is 4.43. The van der Waals surface area contributed by atoms with Gasteiger partial charge >= 0.3 is 0 Å². The van der Waals surface area contributed by atoms with Gasteiger partial charge in [0.15, 0.2) is 0 Å². The van der Waals surface area contributed by atoms with Gasteiger partial charge in [-0.25, -0.2) is 0 Å². The van der Waals surface area contributed by atoms with E-state index in [0.717, 1.165) is 11.8 Å². The van der Waals surface area contributed by atoms with Crippen molar-refractivity contribution in [2.75, 3.05) is 6.61 Å². The lowest BCUT2D eigenvalue weighted by Crippen LogP contribution is -2.25. The van der Waals surface area contributed by atoms with Crippen molar-refractivity contribution in [3.8, 4) is 0 Å². The van der Waals surface area contributed by atoms with Gasteiger partial charge in [-0.15, -0.1) is 0 Å². The Morgan fingerprint density at radius 3 is 2.29 bits per heavy atom. The Labute approximate surface area is 88.9 Å². The number of hydrogen-bond acceptors (Lipinski definition) is 1. The van der Waals surface area contributed by atoms with Crippen molar-refractivity contribution in [3.63, 3.8) is 0 Å². The molecule has 1 atom stereocenters. The van der Waals surface area contributed by atoms with Gasteiger partial charge in [0.1, 0.15) is 0 Å². The Balaban J connectivity index is 2.36. The maximum Gasteiger partial charge on any atom is 0.0482 e. The highest BCUT2D eigenvalue weighted by atomic mass is 16.3. The van der Waals surface area contributed by atoms with E-state index < -0.39 is 0 Å². The van der Waals surface area contributed by atoms with E-state index >= 15 is 0 Å². The van der Waals surface area contributed by atoms with Crippen molar-refractivity contribution < 1.29 is 5.11 Å². The highest BCUT2D eigenvalue weighted by molar-refractivity contribution is 4.77. The highest BCUT2D eigenvalue weighted by Gasteiger charge is 2.26. The van der Waals surface area contributed by atoms with Crippen LogP contribution in [0.3, 0.4) is 0 Å². The monoisotopic (exact) mass is 198 g/mol. The molecule has 0 bridgehead atoms. The third-order valence-corrected chi connectivity index (χ3v) is 3.76. The van der Waals surface area contributed by atoms with E-state index in [2.05, 4.69) is 20.8 Å². The molecule has 0 amide bonds. The van der Waals surface area contributed by atoms with Crippen molar-refractivity contribution in [1.82, 2.24) is 0 Å². The van der Waals surface area contributed by atoms with Gasteiger partial charge in [0, 0.05) is 6.61 Å². The summed E-state index contributed by atoms with van der Waals surface area (Å²) in [5.74, 6) is 1.71. The van der Waals surface area contributed by atoms with Crippen LogP contribution in [0.15, 0.2) is 0 Å². The molecular formula is C13H26O. The summed E-state index contributed by atoms with van der Waals surface area (Å²) in [4.78, 5) is 0. The van der Waals surface area contributed by atoms with Crippen molar-refractivity contribution in [2.45, 2.75) is 59.3 Å². The van der Waals surface area contributed by atoms with Gasteiger partial charge in [-0.05, 0) is 23.7 Å². The van der Waals surface area contributed by atoms with Gasteiger partial charge in [0.25, 0.3) is 0 Å². The normalized spacial score (nSPS) is 22.3. The van der Waals surface area contributed by atoms with E-state index in [4.69, 9.17) is 0 Å². The zero-order valence-electron chi connectivity index (χ0n) is 10.1. The standard InChI is InChI=1S/C13H26O/c1-11(9-13(2,3)10-14)12-7-5-4-6-8-12/h11-12,14H,4-10H2,1-3H3/t11-/m0/s1. The smallest absolute Gasteiger partial charge is 0.0482 e. The van der Waals surface area contributed by atoms with Gasteiger partial charge < -0.3 is 5.11 Å². The number of aliphatic hydroxyl groups is 1. The minimum absolute atomic E-state index is 0.122. The maximum atomic E-state index is 9.24. The fourth-order valence-electron chi connectivity index (χ4n) is 2.81. The summed E-state index contributed by atoms with van der Waals surface area (Å²) in [5, 5.41) is 9.24. The predicted octanol–water partition coefficient (Wildman–Crippen LogP) is 3.61. The molecule has 1 saturated carbocycles. The van der Waals surface area contributed by atoms with Gasteiger partial charge in [-0.2, -0.15) is 0 Å². The summed E-state index contributed by atoms with van der Waals surface area (Å²) in [5.41, 5.74) is 0.122. The number of hydrogen-bond donors (Lipinski definition) is 1. The molecule has 1 rings (SSSR count). The summed E-state index contributed by atoms with van der Waals surface area (Å²) < 4.78 is 0. The molecule has 1 aliphatic rings. The lowest BCUT2D eigenvalue weighted by atomic mass is 9.74. The summed E-state index contributed by atoms with van der Waals surface area (Å²) in [7, 11) is 0. The minimum atomic E-state index is 0.122. The predicted molar refractivity (Wildman–Crippen MR) is 61.2 cm³/mol. The van der Waals surface area contributed by atoms with Crippen LogP contribution in [0, 0.1) is 17.3 Å². The first kappa shape index (κ1) is 12.0. The van der Waals surface area contributed by atoms with E-state index in [-0.39, 0.29) is 5.41 Å². The second-order valence-corrected chi connectivity index (χ2v) is 5.90. The van der Waals surface area contributed by atoms with E-state index in [1.807, 2.05) is 0 Å². The molecule has 0 aromatic heterocycles. The molecule has 0 aromatic carbocycles. The first-order chi connectivity index (χ1) is 6.55. The van der Waals surface area contributed by atoms with Crippen LogP contribution in [0.2, 0.25) is 0 Å². The van der Waals surface area contributed by atoms with Crippen LogP contribution in [-0.2, 0) is 0 Å². The lowest BCUT2D eigenvalue weighted by molar-refractivity contribution is 0.109. The van der Waals surface area contributed by atoms with Crippen LogP contribution in [0.4, 0.5) is 0 Å². The summed E-state index contributed by atoms with van der Waals surface area (Å²) in [6, 6.07) is 0. The molecule has 1 aliphatic carbocycles. The molecule has 0 heterocycles. The molecule has 0 saturated heterocycles. The molecule has 84 valence electrons. The summed E-state index contributed by atoms with van der Waals surface area (Å²) in [6.07, 6.45) is 8.30. The average molecular weight is 198 g/mol. The molecule has 0 aromatic rings. The van der Waals surface area contributed by atoms with Crippen molar-refractivity contribution >= 4 is 0 Å². The fraction of sp³-hybridized carbons (Fsp3) is 1.00. The van der Waals surface area contributed by atoms with E-state index in [9.17, 15) is 5.11 Å². The van der Waals surface area contributed by atoms with Crippen LogP contribution >= 0.6 is 0 Å². The molecule has 0 unspecified atom stereocenters. The van der Waals surface area contributed by atoms with Gasteiger partial charge in [0.2, 0.25) is 0 Å². The van der Waals surface area contributed by atoms with Crippen molar-refractivity contribution in [3.05, 3.63) is 0 Å².